The van der Waals surface area contributed by atoms with Crippen LogP contribution >= 0.6 is 0 Å². The first kappa shape index (κ1) is 15.1. The van der Waals surface area contributed by atoms with Crippen molar-refractivity contribution in [2.45, 2.75) is 12.0 Å². The van der Waals surface area contributed by atoms with Crippen LogP contribution < -0.4 is 11.1 Å². The lowest BCUT2D eigenvalue weighted by Gasteiger charge is -2.16. The predicted octanol–water partition coefficient (Wildman–Crippen LogP) is -0.0553. The molecule has 0 aliphatic heterocycles. The highest BCUT2D eigenvalue weighted by atomic mass is 16.5. The maximum absolute atomic E-state index is 11.6. The van der Waals surface area contributed by atoms with E-state index in [1.54, 1.807) is 30.3 Å². The van der Waals surface area contributed by atoms with Crippen LogP contribution in [0, 0.1) is 0 Å². The summed E-state index contributed by atoms with van der Waals surface area (Å²) in [5.41, 5.74) is 6.18. The molecule has 0 radical (unpaired) electrons. The number of carbonyl (C=O) groups excluding carboxylic acids is 1. The van der Waals surface area contributed by atoms with E-state index in [2.05, 4.69) is 5.32 Å². The summed E-state index contributed by atoms with van der Waals surface area (Å²) >= 11 is 0. The molecule has 0 saturated carbocycles. The third-order valence-corrected chi connectivity index (χ3v) is 2.66. The van der Waals surface area contributed by atoms with E-state index in [1.165, 1.54) is 7.11 Å². The Morgan fingerprint density at radius 3 is 2.53 bits per heavy atom. The normalized spacial score (nSPS) is 13.6. The summed E-state index contributed by atoms with van der Waals surface area (Å²) < 4.78 is 4.76. The van der Waals surface area contributed by atoms with Gasteiger partial charge >= 0.3 is 5.97 Å². The number of rotatable bonds is 7. The smallest absolute Gasteiger partial charge is 0.312 e. The van der Waals surface area contributed by atoms with Crippen LogP contribution in [0.25, 0.3) is 0 Å². The number of aliphatic carboxylic acids is 1. The molecule has 0 saturated heterocycles. The maximum atomic E-state index is 11.6. The van der Waals surface area contributed by atoms with Gasteiger partial charge in [0.1, 0.15) is 6.04 Å². The minimum atomic E-state index is -0.994. The number of hydrogen-bond donors (Lipinski definition) is 3. The Morgan fingerprint density at radius 1 is 1.37 bits per heavy atom. The lowest BCUT2D eigenvalue weighted by atomic mass is 9.99. The molecule has 1 aromatic rings. The molecule has 2 atom stereocenters. The molecule has 0 aromatic heterocycles. The zero-order chi connectivity index (χ0) is 14.3. The third-order valence-electron chi connectivity index (χ3n) is 2.66. The van der Waals surface area contributed by atoms with Gasteiger partial charge in [-0.15, -0.1) is 0 Å². The second-order valence-corrected chi connectivity index (χ2v) is 4.11. The average molecular weight is 266 g/mol. The Kier molecular flexibility index (Phi) is 5.98. The number of nitrogens with one attached hydrogen (secondary N) is 1. The van der Waals surface area contributed by atoms with Crippen LogP contribution in [0.4, 0.5) is 0 Å². The zero-order valence-electron chi connectivity index (χ0n) is 10.7. The van der Waals surface area contributed by atoms with E-state index in [4.69, 9.17) is 10.5 Å². The topological polar surface area (TPSA) is 102 Å². The van der Waals surface area contributed by atoms with Gasteiger partial charge in [0.25, 0.3) is 0 Å². The monoisotopic (exact) mass is 266 g/mol. The van der Waals surface area contributed by atoms with Gasteiger partial charge in [0.15, 0.2) is 0 Å². The van der Waals surface area contributed by atoms with E-state index >= 15 is 0 Å². The van der Waals surface area contributed by atoms with Gasteiger partial charge in [-0.05, 0) is 5.56 Å². The lowest BCUT2D eigenvalue weighted by molar-refractivity contribution is -0.138. The van der Waals surface area contributed by atoms with Crippen molar-refractivity contribution in [2.75, 3.05) is 20.3 Å². The largest absolute Gasteiger partial charge is 0.481 e. The van der Waals surface area contributed by atoms with Gasteiger partial charge in [0.05, 0.1) is 12.5 Å². The average Bonchev–Trinajstić information content (AvgIpc) is 2.39. The minimum Gasteiger partial charge on any atom is -0.481 e. The van der Waals surface area contributed by atoms with Crippen molar-refractivity contribution in [3.63, 3.8) is 0 Å². The standard InChI is InChI=1S/C13H18N2O4/c1-19-8-11(14)12(16)15-7-10(13(17)18)9-5-3-2-4-6-9/h2-6,10-11H,7-8,14H2,1H3,(H,15,16)(H,17,18). The van der Waals surface area contributed by atoms with Gasteiger partial charge in [-0.1, -0.05) is 30.3 Å². The van der Waals surface area contributed by atoms with Crippen LogP contribution in [0.15, 0.2) is 30.3 Å². The third kappa shape index (κ3) is 4.69. The molecule has 0 aliphatic rings. The van der Waals surface area contributed by atoms with E-state index in [0.717, 1.165) is 0 Å². The van der Waals surface area contributed by atoms with Crippen LogP contribution in [0.2, 0.25) is 0 Å². The summed E-state index contributed by atoms with van der Waals surface area (Å²) in [6.07, 6.45) is 0. The summed E-state index contributed by atoms with van der Waals surface area (Å²) in [6, 6.07) is 7.93. The van der Waals surface area contributed by atoms with Crippen LogP contribution in [0.1, 0.15) is 11.5 Å². The molecular formula is C13H18N2O4. The number of carboxylic acids is 1. The zero-order valence-corrected chi connectivity index (χ0v) is 10.7. The summed E-state index contributed by atoms with van der Waals surface area (Å²) in [5, 5.41) is 11.7. The molecular weight excluding hydrogens is 248 g/mol. The number of carboxylic acid groups (broad SMARTS) is 1. The number of nitrogens with two attached hydrogens (primary N) is 1. The first-order valence-corrected chi connectivity index (χ1v) is 5.86. The number of hydrogen-bond acceptors (Lipinski definition) is 4. The van der Waals surface area contributed by atoms with Crippen molar-refractivity contribution >= 4 is 11.9 Å². The lowest BCUT2D eigenvalue weighted by Crippen LogP contribution is -2.45. The first-order chi connectivity index (χ1) is 9.06. The van der Waals surface area contributed by atoms with Crippen molar-refractivity contribution in [3.8, 4) is 0 Å². The van der Waals surface area contributed by atoms with Crippen molar-refractivity contribution in [1.82, 2.24) is 5.32 Å². The fourth-order valence-electron chi connectivity index (χ4n) is 1.62. The van der Waals surface area contributed by atoms with Gasteiger partial charge in [-0.25, -0.2) is 0 Å². The summed E-state index contributed by atoms with van der Waals surface area (Å²) in [6.45, 7) is 0.0878. The highest BCUT2D eigenvalue weighted by Crippen LogP contribution is 2.14. The van der Waals surface area contributed by atoms with Crippen molar-refractivity contribution in [1.29, 1.82) is 0 Å². The first-order valence-electron chi connectivity index (χ1n) is 5.86. The van der Waals surface area contributed by atoms with E-state index < -0.39 is 23.8 Å². The van der Waals surface area contributed by atoms with E-state index in [1.807, 2.05) is 0 Å². The van der Waals surface area contributed by atoms with E-state index in [0.29, 0.717) is 5.56 Å². The quantitative estimate of drug-likeness (QED) is 0.642. The molecule has 0 spiro atoms. The van der Waals surface area contributed by atoms with E-state index in [9.17, 15) is 14.7 Å². The number of amides is 1. The summed E-state index contributed by atoms with van der Waals surface area (Å²) in [7, 11) is 1.44. The van der Waals surface area contributed by atoms with Crippen molar-refractivity contribution < 1.29 is 19.4 Å². The fourth-order valence-corrected chi connectivity index (χ4v) is 1.62. The van der Waals surface area contributed by atoms with Crippen LogP contribution in [0.3, 0.4) is 0 Å². The second kappa shape index (κ2) is 7.50. The molecule has 2 unspecified atom stereocenters. The molecule has 0 aliphatic carbocycles. The van der Waals surface area contributed by atoms with Crippen LogP contribution in [-0.2, 0) is 14.3 Å². The molecule has 0 heterocycles. The Balaban J connectivity index is 2.61. The number of ether oxygens (including phenoxy) is 1. The van der Waals surface area contributed by atoms with Crippen LogP contribution in [0.5, 0.6) is 0 Å². The molecule has 6 heteroatoms. The van der Waals surface area contributed by atoms with Crippen molar-refractivity contribution in [2.24, 2.45) is 5.73 Å². The predicted molar refractivity (Wildman–Crippen MR) is 69.7 cm³/mol. The highest BCUT2D eigenvalue weighted by Gasteiger charge is 2.21. The number of methoxy groups -OCH3 is 1. The summed E-state index contributed by atoms with van der Waals surface area (Å²) in [5.74, 6) is -2.21. The SMILES string of the molecule is COCC(N)C(=O)NCC(C(=O)O)c1ccccc1. The molecule has 1 aromatic carbocycles. The molecule has 104 valence electrons. The molecule has 4 N–H and O–H groups in total. The van der Waals surface area contributed by atoms with Crippen LogP contribution in [-0.4, -0.2) is 43.3 Å². The minimum absolute atomic E-state index is 0.00437. The molecule has 1 amide bonds. The molecule has 1 rings (SSSR count). The molecule has 19 heavy (non-hydrogen) atoms. The van der Waals surface area contributed by atoms with Gasteiger partial charge in [0, 0.05) is 13.7 Å². The van der Waals surface area contributed by atoms with E-state index in [-0.39, 0.29) is 13.2 Å². The van der Waals surface area contributed by atoms with Gasteiger partial charge in [-0.2, -0.15) is 0 Å². The Hall–Kier alpha value is -1.92. The number of benzene rings is 1. The fraction of sp³-hybridized carbons (Fsp3) is 0.385. The summed E-state index contributed by atoms with van der Waals surface area (Å²) in [4.78, 5) is 22.8. The molecule has 6 nitrogen and oxygen atoms in total. The highest BCUT2D eigenvalue weighted by molar-refractivity contribution is 5.83. The molecule has 0 fully saturated rings. The van der Waals surface area contributed by atoms with Crippen molar-refractivity contribution in [3.05, 3.63) is 35.9 Å². The molecule has 0 bridgehead atoms. The Labute approximate surface area is 111 Å². The van der Waals surface area contributed by atoms with Gasteiger partial charge in [0.2, 0.25) is 5.91 Å². The Bertz CT molecular complexity index is 422. The second-order valence-electron chi connectivity index (χ2n) is 4.11. The number of carbonyl (C=O) groups is 2. The maximum Gasteiger partial charge on any atom is 0.312 e. The van der Waals surface area contributed by atoms with Gasteiger partial charge < -0.3 is 20.9 Å². The van der Waals surface area contributed by atoms with Gasteiger partial charge in [-0.3, -0.25) is 9.59 Å². The Morgan fingerprint density at radius 2 is 2.00 bits per heavy atom.